The number of aliphatic hydroxyl groups is 5. The van der Waals surface area contributed by atoms with Gasteiger partial charge in [0.15, 0.2) is 6.29 Å². The summed E-state index contributed by atoms with van der Waals surface area (Å²) in [6.07, 6.45) is 81.4. The Hall–Kier alpha value is -2.38. The van der Waals surface area contributed by atoms with Gasteiger partial charge in [-0.3, -0.25) is 9.59 Å². The van der Waals surface area contributed by atoms with Crippen LogP contribution in [0.15, 0.2) is 48.6 Å². The normalized spacial score (nSPS) is 17.8. The number of hydrogen-bond donors (Lipinski definition) is 6. The fourth-order valence-corrected chi connectivity index (χ4v) is 12.5. The van der Waals surface area contributed by atoms with Crippen LogP contribution in [0.3, 0.4) is 0 Å². The van der Waals surface area contributed by atoms with E-state index in [1.165, 1.54) is 302 Å². The second kappa shape index (κ2) is 69.0. The molecule has 1 aliphatic rings. The van der Waals surface area contributed by atoms with Crippen LogP contribution in [0.25, 0.3) is 0 Å². The van der Waals surface area contributed by atoms with Gasteiger partial charge in [0.2, 0.25) is 5.91 Å². The van der Waals surface area contributed by atoms with Crippen molar-refractivity contribution in [2.24, 2.45) is 0 Å². The van der Waals surface area contributed by atoms with Crippen molar-refractivity contribution < 1.29 is 49.3 Å². The molecule has 1 aliphatic heterocycles. The van der Waals surface area contributed by atoms with Crippen LogP contribution in [0.5, 0.6) is 0 Å². The molecule has 0 aromatic heterocycles. The molecule has 0 saturated carbocycles. The summed E-state index contributed by atoms with van der Waals surface area (Å²) >= 11 is 0. The average molecular weight is 1290 g/mol. The van der Waals surface area contributed by atoms with Crippen LogP contribution in [0.2, 0.25) is 0 Å². The molecular formula is C80H149NO10. The Kier molecular flexibility index (Phi) is 65.7. The molecule has 534 valence electrons. The number of carbonyl (C=O) groups is 2. The number of rotatable bonds is 70. The molecular weight excluding hydrogens is 1130 g/mol. The Morgan fingerprint density at radius 1 is 0.407 bits per heavy atom. The van der Waals surface area contributed by atoms with Crippen molar-refractivity contribution >= 4 is 11.9 Å². The third-order valence-electron chi connectivity index (χ3n) is 18.7. The molecule has 1 fully saturated rings. The van der Waals surface area contributed by atoms with Crippen LogP contribution in [-0.2, 0) is 23.8 Å². The number of esters is 1. The van der Waals surface area contributed by atoms with E-state index in [2.05, 4.69) is 55.6 Å². The highest BCUT2D eigenvalue weighted by Gasteiger charge is 2.44. The molecule has 91 heavy (non-hydrogen) atoms. The minimum atomic E-state index is -1.58. The van der Waals surface area contributed by atoms with Crippen LogP contribution in [0.1, 0.15) is 386 Å². The van der Waals surface area contributed by atoms with Crippen LogP contribution < -0.4 is 5.32 Å². The Morgan fingerprint density at radius 3 is 1.15 bits per heavy atom. The maximum Gasteiger partial charge on any atom is 0.305 e. The molecule has 0 bridgehead atoms. The summed E-state index contributed by atoms with van der Waals surface area (Å²) in [5.74, 6) is -0.173. The van der Waals surface area contributed by atoms with E-state index >= 15 is 0 Å². The highest BCUT2D eigenvalue weighted by Crippen LogP contribution is 2.24. The van der Waals surface area contributed by atoms with Gasteiger partial charge in [-0.25, -0.2) is 0 Å². The van der Waals surface area contributed by atoms with E-state index in [9.17, 15) is 35.1 Å². The maximum absolute atomic E-state index is 13.1. The smallest absolute Gasteiger partial charge is 0.305 e. The van der Waals surface area contributed by atoms with E-state index in [4.69, 9.17) is 14.2 Å². The van der Waals surface area contributed by atoms with Crippen molar-refractivity contribution in [2.75, 3.05) is 19.8 Å². The topological polar surface area (TPSA) is 175 Å². The quantitative estimate of drug-likeness (QED) is 0.0195. The summed E-state index contributed by atoms with van der Waals surface area (Å²) in [4.78, 5) is 25.1. The minimum Gasteiger partial charge on any atom is -0.466 e. The van der Waals surface area contributed by atoms with Crippen molar-refractivity contribution in [3.8, 4) is 0 Å². The van der Waals surface area contributed by atoms with E-state index < -0.39 is 49.5 Å². The van der Waals surface area contributed by atoms with Gasteiger partial charge < -0.3 is 45.1 Å². The Morgan fingerprint density at radius 2 is 0.747 bits per heavy atom. The molecule has 1 rings (SSSR count). The SMILES string of the molecule is CCCCCCCCC/C=C/CC/C=C/C(O)C(COC1OC(CO)C(O)C(O)C1O)NC(=O)CCCCCCCCCCCCCCCCCCC/C=C\C/C=C\CCCCCCCCCCCCCCCCCOC(=O)CCCCCCCCCCCCC. The first-order valence-corrected chi connectivity index (χ1v) is 39.4. The molecule has 1 saturated heterocycles. The first kappa shape index (κ1) is 86.6. The molecule has 0 aromatic rings. The molecule has 7 atom stereocenters. The van der Waals surface area contributed by atoms with Crippen molar-refractivity contribution in [2.45, 2.75) is 429 Å². The molecule has 11 nitrogen and oxygen atoms in total. The lowest BCUT2D eigenvalue weighted by molar-refractivity contribution is -0.302. The largest absolute Gasteiger partial charge is 0.466 e. The van der Waals surface area contributed by atoms with E-state index in [0.29, 0.717) is 19.4 Å². The van der Waals surface area contributed by atoms with Crippen molar-refractivity contribution in [1.29, 1.82) is 0 Å². The van der Waals surface area contributed by atoms with Gasteiger partial charge in [-0.1, -0.05) is 345 Å². The Labute approximate surface area is 561 Å². The summed E-state index contributed by atoms with van der Waals surface area (Å²) in [5.41, 5.74) is 0. The zero-order chi connectivity index (χ0) is 65.8. The van der Waals surface area contributed by atoms with Crippen molar-refractivity contribution in [1.82, 2.24) is 5.32 Å². The first-order chi connectivity index (χ1) is 44.7. The van der Waals surface area contributed by atoms with Crippen molar-refractivity contribution in [3.63, 3.8) is 0 Å². The molecule has 1 amide bonds. The number of unbranched alkanes of at least 4 members (excludes halogenated alkanes) is 50. The first-order valence-electron chi connectivity index (χ1n) is 39.4. The predicted octanol–water partition coefficient (Wildman–Crippen LogP) is 21.1. The van der Waals surface area contributed by atoms with Crippen LogP contribution in [0, 0.1) is 0 Å². The zero-order valence-electron chi connectivity index (χ0n) is 59.6. The average Bonchev–Trinajstić information content (AvgIpc) is 1.98. The molecule has 0 aromatic carbocycles. The van der Waals surface area contributed by atoms with Gasteiger partial charge in [0, 0.05) is 12.8 Å². The van der Waals surface area contributed by atoms with Gasteiger partial charge >= 0.3 is 5.97 Å². The van der Waals surface area contributed by atoms with Gasteiger partial charge in [-0.15, -0.1) is 0 Å². The minimum absolute atomic E-state index is 0.0145. The number of aliphatic hydroxyl groups excluding tert-OH is 5. The monoisotopic (exact) mass is 1280 g/mol. The second-order valence-corrected chi connectivity index (χ2v) is 27.4. The second-order valence-electron chi connectivity index (χ2n) is 27.4. The molecule has 0 radical (unpaired) electrons. The third-order valence-corrected chi connectivity index (χ3v) is 18.7. The lowest BCUT2D eigenvalue weighted by Gasteiger charge is -2.40. The molecule has 7 unspecified atom stereocenters. The highest BCUT2D eigenvalue weighted by atomic mass is 16.7. The number of amides is 1. The number of hydrogen-bond acceptors (Lipinski definition) is 10. The van der Waals surface area contributed by atoms with E-state index in [-0.39, 0.29) is 18.5 Å². The lowest BCUT2D eigenvalue weighted by atomic mass is 9.99. The van der Waals surface area contributed by atoms with Gasteiger partial charge in [-0.2, -0.15) is 0 Å². The Bertz CT molecular complexity index is 1650. The van der Waals surface area contributed by atoms with Gasteiger partial charge in [0.1, 0.15) is 24.4 Å². The van der Waals surface area contributed by atoms with E-state index in [1.54, 1.807) is 6.08 Å². The maximum atomic E-state index is 13.1. The van der Waals surface area contributed by atoms with Crippen LogP contribution >= 0.6 is 0 Å². The number of carbonyl (C=O) groups excluding carboxylic acids is 2. The fraction of sp³-hybridized carbons (Fsp3) is 0.875. The van der Waals surface area contributed by atoms with E-state index in [1.807, 2.05) is 6.08 Å². The highest BCUT2D eigenvalue weighted by molar-refractivity contribution is 5.76. The van der Waals surface area contributed by atoms with E-state index in [0.717, 1.165) is 57.8 Å². The summed E-state index contributed by atoms with van der Waals surface area (Å²) in [6, 6.07) is -0.826. The summed E-state index contributed by atoms with van der Waals surface area (Å²) in [6.45, 7) is 4.36. The van der Waals surface area contributed by atoms with Crippen LogP contribution in [-0.4, -0.2) is 100 Å². The predicted molar refractivity (Wildman–Crippen MR) is 384 cm³/mol. The third kappa shape index (κ3) is 57.6. The van der Waals surface area contributed by atoms with Gasteiger partial charge in [0.25, 0.3) is 0 Å². The summed E-state index contributed by atoms with van der Waals surface area (Å²) in [5, 5.41) is 54.5. The fourth-order valence-electron chi connectivity index (χ4n) is 12.5. The lowest BCUT2D eigenvalue weighted by Crippen LogP contribution is -2.60. The Balaban J connectivity index is 1.92. The van der Waals surface area contributed by atoms with Gasteiger partial charge in [0.05, 0.1) is 32.0 Å². The van der Waals surface area contributed by atoms with Crippen LogP contribution in [0.4, 0.5) is 0 Å². The number of allylic oxidation sites excluding steroid dienone is 7. The zero-order valence-corrected chi connectivity index (χ0v) is 59.6. The van der Waals surface area contributed by atoms with Crippen molar-refractivity contribution in [3.05, 3.63) is 48.6 Å². The molecule has 0 spiro atoms. The summed E-state index contributed by atoms with van der Waals surface area (Å²) < 4.78 is 16.7. The summed E-state index contributed by atoms with van der Waals surface area (Å²) in [7, 11) is 0. The standard InChI is InChI=1S/C80H149NO10/c1-3-5-7-9-11-13-15-43-47-50-54-58-62-66-73(83)72(71-90-80-79(88)78(87)77(86)74(70-82)91-80)81-75(84)67-63-59-55-51-48-44-41-39-37-35-33-31-29-27-25-23-21-19-17-16-18-20-22-24-26-28-30-32-34-36-38-40-42-45-49-53-57-61-65-69-89-76(85)68-64-60-56-52-46-14-12-10-8-6-4-2/h16-17,20,22,47,50,62,66,72-74,77-80,82-83,86-88H,3-15,18-19,21,23-46,48-49,51-61,63-65,67-71H2,1-2H3,(H,81,84)/b17-16-,22-20-,50-47+,66-62+. The molecule has 11 heteroatoms. The van der Waals surface area contributed by atoms with Gasteiger partial charge in [-0.05, 0) is 77.0 Å². The number of ether oxygens (including phenoxy) is 3. The molecule has 1 heterocycles. The molecule has 0 aliphatic carbocycles. The number of nitrogens with one attached hydrogen (secondary N) is 1. The molecule has 6 N–H and O–H groups in total.